The summed E-state index contributed by atoms with van der Waals surface area (Å²) in [4.78, 5) is 0. The number of rotatable bonds is 4. The highest BCUT2D eigenvalue weighted by Crippen LogP contribution is 2.39. The molecule has 1 aliphatic rings. The van der Waals surface area contributed by atoms with Crippen LogP contribution in [0.4, 0.5) is 5.69 Å². The van der Waals surface area contributed by atoms with Gasteiger partial charge in [0.15, 0.2) is 0 Å². The number of hydrogen-bond acceptors (Lipinski definition) is 5. The summed E-state index contributed by atoms with van der Waals surface area (Å²) >= 11 is 7.17. The molecule has 23 heavy (non-hydrogen) atoms. The molecule has 0 aromatic heterocycles. The summed E-state index contributed by atoms with van der Waals surface area (Å²) < 4.78 is 7.79. The SMILES string of the molecule is BrC(N=Nc1ccc(Oc2ccccc2)cc1)=C1SCCCS1. The van der Waals surface area contributed by atoms with Gasteiger partial charge in [0.1, 0.15) is 16.1 Å². The smallest absolute Gasteiger partial charge is 0.148 e. The van der Waals surface area contributed by atoms with E-state index in [-0.39, 0.29) is 0 Å². The molecule has 3 rings (SSSR count). The van der Waals surface area contributed by atoms with Crippen molar-refractivity contribution in [3.63, 3.8) is 0 Å². The first-order chi connectivity index (χ1) is 11.3. The van der Waals surface area contributed by atoms with E-state index in [1.165, 1.54) is 10.7 Å². The van der Waals surface area contributed by atoms with E-state index in [2.05, 4.69) is 26.2 Å². The van der Waals surface area contributed by atoms with Gasteiger partial charge >= 0.3 is 0 Å². The Bertz CT molecular complexity index is 694. The zero-order valence-corrected chi connectivity index (χ0v) is 15.5. The van der Waals surface area contributed by atoms with Crippen molar-refractivity contribution in [2.24, 2.45) is 10.2 Å². The largest absolute Gasteiger partial charge is 0.457 e. The van der Waals surface area contributed by atoms with E-state index >= 15 is 0 Å². The van der Waals surface area contributed by atoms with Crippen molar-refractivity contribution in [1.29, 1.82) is 0 Å². The van der Waals surface area contributed by atoms with Crippen molar-refractivity contribution in [3.05, 3.63) is 63.4 Å². The van der Waals surface area contributed by atoms with E-state index < -0.39 is 0 Å². The Morgan fingerprint density at radius 2 is 1.57 bits per heavy atom. The first-order valence-electron chi connectivity index (χ1n) is 7.21. The maximum Gasteiger partial charge on any atom is 0.148 e. The highest BCUT2D eigenvalue weighted by atomic mass is 79.9. The van der Waals surface area contributed by atoms with Gasteiger partial charge < -0.3 is 4.74 Å². The van der Waals surface area contributed by atoms with Crippen molar-refractivity contribution in [1.82, 2.24) is 0 Å². The highest BCUT2D eigenvalue weighted by molar-refractivity contribution is 9.11. The van der Waals surface area contributed by atoms with Gasteiger partial charge in [0.25, 0.3) is 0 Å². The molecule has 0 N–H and O–H groups in total. The van der Waals surface area contributed by atoms with Crippen LogP contribution >= 0.6 is 39.5 Å². The minimum Gasteiger partial charge on any atom is -0.457 e. The second-order valence-corrected chi connectivity index (χ2v) is 7.96. The molecule has 0 unspecified atom stereocenters. The first kappa shape index (κ1) is 16.6. The molecule has 1 fully saturated rings. The number of ether oxygens (including phenoxy) is 1. The van der Waals surface area contributed by atoms with Crippen LogP contribution in [-0.4, -0.2) is 11.5 Å². The standard InChI is InChI=1S/C17H15BrN2OS2/c18-16(17-22-11-4-12-23-17)20-19-13-7-9-15(10-8-13)21-14-5-2-1-3-6-14/h1-3,5-10H,4,11-12H2. The third kappa shape index (κ3) is 5.12. The predicted octanol–water partition coefficient (Wildman–Crippen LogP) is 6.95. The van der Waals surface area contributed by atoms with Gasteiger partial charge in [-0.3, -0.25) is 0 Å². The lowest BCUT2D eigenvalue weighted by Crippen LogP contribution is -1.92. The van der Waals surface area contributed by atoms with Gasteiger partial charge in [-0.25, -0.2) is 0 Å². The topological polar surface area (TPSA) is 34.0 Å². The van der Waals surface area contributed by atoms with Crippen molar-refractivity contribution in [2.75, 3.05) is 11.5 Å². The van der Waals surface area contributed by atoms with Crippen LogP contribution in [0.5, 0.6) is 11.5 Å². The molecule has 2 aromatic carbocycles. The lowest BCUT2D eigenvalue weighted by molar-refractivity contribution is 0.483. The number of thioether (sulfide) groups is 2. The minimum atomic E-state index is 0.783. The summed E-state index contributed by atoms with van der Waals surface area (Å²) in [5.41, 5.74) is 0.800. The normalized spacial score (nSPS) is 14.9. The van der Waals surface area contributed by atoms with Crippen LogP contribution in [0.2, 0.25) is 0 Å². The maximum atomic E-state index is 5.76. The molecule has 0 aliphatic carbocycles. The van der Waals surface area contributed by atoms with Crippen LogP contribution < -0.4 is 4.74 Å². The van der Waals surface area contributed by atoms with Gasteiger partial charge in [-0.05, 0) is 70.3 Å². The molecular weight excluding hydrogens is 392 g/mol. The summed E-state index contributed by atoms with van der Waals surface area (Å²) in [7, 11) is 0. The van der Waals surface area contributed by atoms with Crippen molar-refractivity contribution in [3.8, 4) is 11.5 Å². The van der Waals surface area contributed by atoms with Crippen molar-refractivity contribution < 1.29 is 4.74 Å². The fraction of sp³-hybridized carbons (Fsp3) is 0.176. The second-order valence-electron chi connectivity index (χ2n) is 4.74. The third-order valence-corrected chi connectivity index (χ3v) is 6.68. The lowest BCUT2D eigenvalue weighted by Gasteiger charge is -2.12. The zero-order valence-electron chi connectivity index (χ0n) is 12.3. The Hall–Kier alpha value is -1.24. The van der Waals surface area contributed by atoms with Crippen LogP contribution in [0.15, 0.2) is 73.7 Å². The van der Waals surface area contributed by atoms with Crippen LogP contribution in [0.25, 0.3) is 0 Å². The molecule has 1 heterocycles. The summed E-state index contributed by atoms with van der Waals surface area (Å²) in [6, 6.07) is 17.3. The molecule has 2 aromatic rings. The Labute approximate surface area is 152 Å². The number of hydrogen-bond donors (Lipinski definition) is 0. The molecule has 1 aliphatic heterocycles. The minimum absolute atomic E-state index is 0.783. The monoisotopic (exact) mass is 406 g/mol. The number of benzene rings is 2. The average molecular weight is 407 g/mol. The summed E-state index contributed by atoms with van der Waals surface area (Å²) in [5.74, 6) is 3.91. The molecule has 0 saturated carbocycles. The molecule has 0 atom stereocenters. The maximum absolute atomic E-state index is 5.76. The van der Waals surface area contributed by atoms with Crippen LogP contribution in [0, 0.1) is 0 Å². The predicted molar refractivity (Wildman–Crippen MR) is 103 cm³/mol. The molecule has 3 nitrogen and oxygen atoms in total. The summed E-state index contributed by atoms with van der Waals surface area (Å²) in [6.45, 7) is 0. The van der Waals surface area contributed by atoms with E-state index in [0.29, 0.717) is 0 Å². The van der Waals surface area contributed by atoms with E-state index in [0.717, 1.165) is 33.3 Å². The Balaban J connectivity index is 1.64. The van der Waals surface area contributed by atoms with Gasteiger partial charge in [-0.2, -0.15) is 0 Å². The highest BCUT2D eigenvalue weighted by Gasteiger charge is 2.10. The summed E-state index contributed by atoms with van der Waals surface area (Å²) in [6.07, 6.45) is 1.25. The molecule has 6 heteroatoms. The Morgan fingerprint density at radius 3 is 2.26 bits per heavy atom. The van der Waals surface area contributed by atoms with Gasteiger partial charge in [0.2, 0.25) is 0 Å². The van der Waals surface area contributed by atoms with Gasteiger partial charge in [0, 0.05) is 0 Å². The van der Waals surface area contributed by atoms with Crippen LogP contribution in [0.1, 0.15) is 6.42 Å². The zero-order chi connectivity index (χ0) is 15.9. The van der Waals surface area contributed by atoms with E-state index in [9.17, 15) is 0 Å². The molecule has 0 bridgehead atoms. The quantitative estimate of drug-likeness (QED) is 0.406. The Morgan fingerprint density at radius 1 is 0.913 bits per heavy atom. The molecule has 0 radical (unpaired) electrons. The number of halogens is 1. The molecule has 0 amide bonds. The third-order valence-electron chi connectivity index (χ3n) is 2.99. The van der Waals surface area contributed by atoms with Gasteiger partial charge in [0.05, 0.1) is 9.92 Å². The van der Waals surface area contributed by atoms with Crippen LogP contribution in [0.3, 0.4) is 0 Å². The van der Waals surface area contributed by atoms with E-state index in [4.69, 9.17) is 4.74 Å². The lowest BCUT2D eigenvalue weighted by atomic mass is 10.3. The molecule has 0 spiro atoms. The average Bonchev–Trinajstić information content (AvgIpc) is 2.62. The van der Waals surface area contributed by atoms with Crippen molar-refractivity contribution in [2.45, 2.75) is 6.42 Å². The molecular formula is C17H15BrN2OS2. The summed E-state index contributed by atoms with van der Waals surface area (Å²) in [5, 5.41) is 8.54. The van der Waals surface area contributed by atoms with Crippen molar-refractivity contribution >= 4 is 45.1 Å². The fourth-order valence-electron chi connectivity index (χ4n) is 1.90. The van der Waals surface area contributed by atoms with Gasteiger partial charge in [-0.1, -0.05) is 18.2 Å². The number of nitrogens with zero attached hydrogens (tertiary/aromatic N) is 2. The van der Waals surface area contributed by atoms with E-state index in [1.54, 1.807) is 0 Å². The number of azo groups is 1. The molecule has 118 valence electrons. The van der Waals surface area contributed by atoms with Crippen LogP contribution in [-0.2, 0) is 0 Å². The number of para-hydroxylation sites is 1. The fourth-order valence-corrected chi connectivity index (χ4v) is 4.95. The van der Waals surface area contributed by atoms with E-state index in [1.807, 2.05) is 78.1 Å². The first-order valence-corrected chi connectivity index (χ1v) is 9.98. The van der Waals surface area contributed by atoms with Gasteiger partial charge in [-0.15, -0.1) is 33.8 Å². The molecule has 1 saturated heterocycles. The second kappa shape index (κ2) is 8.57. The Kier molecular flexibility index (Phi) is 6.19.